The van der Waals surface area contributed by atoms with Crippen LogP contribution in [0.15, 0.2) is 340 Å². The third-order valence-corrected chi connectivity index (χ3v) is 22.9. The quantitative estimate of drug-likeness (QED) is 0.158. The van der Waals surface area contributed by atoms with E-state index in [1.807, 2.05) is 22.7 Å². The van der Waals surface area contributed by atoms with E-state index in [9.17, 15) is 0 Å². The van der Waals surface area contributed by atoms with Crippen LogP contribution in [-0.2, 0) is 0 Å². The van der Waals surface area contributed by atoms with E-state index in [-0.39, 0.29) is 0 Å². The Kier molecular flexibility index (Phi) is 12.1. The van der Waals surface area contributed by atoms with E-state index in [0.717, 1.165) is 0 Å². The largest absolute Gasteiger partial charge is 0.309 e. The zero-order chi connectivity index (χ0) is 64.1. The highest BCUT2D eigenvalue weighted by molar-refractivity contribution is 7.27. The standard InChI is InChI=1S/2C46H28N2S/c1-2-12-33(13-3-1)48-43-25-20-32(28-40(43)37-22-23-38-36-15-7-9-17-44(36)49-46(38)45(37)48)31-19-24-42-39(27-31)35-14-6-8-16-41(35)47(42)34-21-18-29-10-4-5-11-30(29)26-34;1-2-12-33(13-3-1)48-42-24-20-32(28-39(42)36-22-25-44-45(46(36)48)37-15-7-9-17-43(37)49-44)31-19-23-41-38(27-31)35-14-6-8-16-40(35)47(41)34-21-18-29-10-4-5-11-30(29)26-34/h2*1-28H. The van der Waals surface area contributed by atoms with Gasteiger partial charge in [0.15, 0.2) is 0 Å². The van der Waals surface area contributed by atoms with Gasteiger partial charge in [0.2, 0.25) is 0 Å². The molecule has 16 aromatic carbocycles. The summed E-state index contributed by atoms with van der Waals surface area (Å²) in [6.07, 6.45) is 0. The highest BCUT2D eigenvalue weighted by atomic mass is 32.1. The van der Waals surface area contributed by atoms with Crippen molar-refractivity contribution in [2.45, 2.75) is 0 Å². The SMILES string of the molecule is c1ccc(-n2c3ccc(-c4ccc5c(c4)c4ccccc4n5-c4ccc5ccccc5c4)cc3c3ccc4c5ccccc5sc4c32)cc1.c1ccc(-n2c3ccc(-c4ccc5c(c4)c4ccccc4n5-c4ccc5ccccc5c4)cc3c3ccc4sc5ccccc5c4c32)cc1. The molecule has 0 spiro atoms. The molecule has 0 aliphatic carbocycles. The third kappa shape index (κ3) is 8.35. The first kappa shape index (κ1) is 55.0. The van der Waals surface area contributed by atoms with Crippen molar-refractivity contribution in [3.05, 3.63) is 340 Å². The molecule has 0 radical (unpaired) electrons. The molecule has 0 fully saturated rings. The summed E-state index contributed by atoms with van der Waals surface area (Å²) in [6.45, 7) is 0. The summed E-state index contributed by atoms with van der Waals surface area (Å²) in [5.41, 5.74) is 19.5. The van der Waals surface area contributed by atoms with Crippen molar-refractivity contribution in [1.29, 1.82) is 0 Å². The fraction of sp³-hybridized carbons (Fsp3) is 0. The molecule has 22 aromatic rings. The summed E-state index contributed by atoms with van der Waals surface area (Å²) in [5, 5.41) is 20.5. The Hall–Kier alpha value is -12.3. The van der Waals surface area contributed by atoms with Crippen LogP contribution in [-0.4, -0.2) is 18.3 Å². The number of hydrogen-bond donors (Lipinski definition) is 0. The molecule has 4 nitrogen and oxygen atoms in total. The second kappa shape index (κ2) is 21.6. The van der Waals surface area contributed by atoms with E-state index >= 15 is 0 Å². The van der Waals surface area contributed by atoms with Crippen LogP contribution in [0.4, 0.5) is 0 Å². The van der Waals surface area contributed by atoms with E-state index in [1.165, 1.54) is 194 Å². The fourth-order valence-corrected chi connectivity index (χ4v) is 18.5. The molecule has 0 aliphatic rings. The van der Waals surface area contributed by atoms with Gasteiger partial charge in [0.1, 0.15) is 0 Å². The number of hydrogen-bond acceptors (Lipinski definition) is 2. The maximum Gasteiger partial charge on any atom is 0.0719 e. The summed E-state index contributed by atoms with van der Waals surface area (Å²) < 4.78 is 15.1. The van der Waals surface area contributed by atoms with Crippen molar-refractivity contribution < 1.29 is 0 Å². The van der Waals surface area contributed by atoms with E-state index in [4.69, 9.17) is 0 Å². The fourth-order valence-electron chi connectivity index (χ4n) is 16.1. The van der Waals surface area contributed by atoms with Crippen LogP contribution in [0.25, 0.3) is 194 Å². The lowest BCUT2D eigenvalue weighted by molar-refractivity contribution is 1.19. The Balaban J connectivity index is 0.000000129. The lowest BCUT2D eigenvalue weighted by atomic mass is 10.00. The maximum absolute atomic E-state index is 2.47. The second-order valence-electron chi connectivity index (χ2n) is 25.9. The number of fused-ring (bicyclic) bond motifs is 22. The number of para-hydroxylation sites is 4. The van der Waals surface area contributed by atoms with Gasteiger partial charge in [0.05, 0.1) is 48.8 Å². The van der Waals surface area contributed by atoms with Crippen molar-refractivity contribution in [2.75, 3.05) is 0 Å². The van der Waals surface area contributed by atoms with Crippen molar-refractivity contribution >= 4 is 172 Å². The molecule has 98 heavy (non-hydrogen) atoms. The van der Waals surface area contributed by atoms with Gasteiger partial charge in [-0.05, 0) is 171 Å². The summed E-state index contributed by atoms with van der Waals surface area (Å²) in [4.78, 5) is 0. The molecule has 0 saturated heterocycles. The predicted molar refractivity (Wildman–Crippen MR) is 422 cm³/mol. The van der Waals surface area contributed by atoms with Crippen LogP contribution in [0.5, 0.6) is 0 Å². The van der Waals surface area contributed by atoms with E-state index in [0.29, 0.717) is 0 Å². The zero-order valence-electron chi connectivity index (χ0n) is 52.9. The molecule has 0 amide bonds. The average molecular weight is 1280 g/mol. The molecule has 0 atom stereocenters. The lowest BCUT2D eigenvalue weighted by Gasteiger charge is -2.10. The molecule has 0 saturated carbocycles. The van der Waals surface area contributed by atoms with E-state index in [1.54, 1.807) is 0 Å². The van der Waals surface area contributed by atoms with Gasteiger partial charge in [-0.15, -0.1) is 22.7 Å². The molecule has 6 heteroatoms. The Labute approximate surface area is 570 Å². The van der Waals surface area contributed by atoms with Crippen molar-refractivity contribution in [2.24, 2.45) is 0 Å². The van der Waals surface area contributed by atoms with Crippen LogP contribution in [0.3, 0.4) is 0 Å². The minimum Gasteiger partial charge on any atom is -0.309 e. The van der Waals surface area contributed by atoms with Crippen LogP contribution < -0.4 is 0 Å². The molecular formula is C92H56N4S2. The van der Waals surface area contributed by atoms with Crippen molar-refractivity contribution in [3.8, 4) is 45.0 Å². The van der Waals surface area contributed by atoms with Crippen molar-refractivity contribution in [1.82, 2.24) is 18.3 Å². The van der Waals surface area contributed by atoms with Gasteiger partial charge in [0.25, 0.3) is 0 Å². The normalized spacial score (nSPS) is 12.1. The average Bonchev–Trinajstić information content (AvgIpc) is 1.56. The number of nitrogens with zero attached hydrogens (tertiary/aromatic N) is 4. The lowest BCUT2D eigenvalue weighted by Crippen LogP contribution is -1.94. The van der Waals surface area contributed by atoms with Gasteiger partial charge >= 0.3 is 0 Å². The Morgan fingerprint density at radius 2 is 0.561 bits per heavy atom. The molecule has 6 heterocycles. The number of benzene rings is 16. The molecular weight excluding hydrogens is 1230 g/mol. The summed E-state index contributed by atoms with van der Waals surface area (Å²) in [5.74, 6) is 0. The highest BCUT2D eigenvalue weighted by Crippen LogP contribution is 2.47. The van der Waals surface area contributed by atoms with Gasteiger partial charge in [-0.1, -0.05) is 212 Å². The molecule has 0 unspecified atom stereocenters. The topological polar surface area (TPSA) is 19.7 Å². The smallest absolute Gasteiger partial charge is 0.0719 e. The monoisotopic (exact) mass is 1280 g/mol. The predicted octanol–water partition coefficient (Wildman–Crippen LogP) is 26.1. The first-order chi connectivity index (χ1) is 48.6. The first-order valence-corrected chi connectivity index (χ1v) is 35.2. The molecule has 456 valence electrons. The van der Waals surface area contributed by atoms with E-state index in [2.05, 4.69) is 358 Å². The number of thiophene rings is 2. The molecule has 6 aromatic heterocycles. The summed E-state index contributed by atoms with van der Waals surface area (Å²) in [6, 6.07) is 125. The Bertz CT molecular complexity index is 7050. The van der Waals surface area contributed by atoms with Gasteiger partial charge in [-0.25, -0.2) is 0 Å². The number of aromatic nitrogens is 4. The first-order valence-electron chi connectivity index (χ1n) is 33.5. The molecule has 0 bridgehead atoms. The van der Waals surface area contributed by atoms with Crippen molar-refractivity contribution in [3.63, 3.8) is 0 Å². The van der Waals surface area contributed by atoms with Gasteiger partial charge < -0.3 is 18.3 Å². The molecule has 0 N–H and O–H groups in total. The van der Waals surface area contributed by atoms with Crippen LogP contribution in [0.2, 0.25) is 0 Å². The van der Waals surface area contributed by atoms with Crippen LogP contribution >= 0.6 is 22.7 Å². The summed E-state index contributed by atoms with van der Waals surface area (Å²) >= 11 is 3.77. The van der Waals surface area contributed by atoms with Crippen LogP contribution in [0, 0.1) is 0 Å². The minimum absolute atomic E-state index is 1.18. The molecule has 0 aliphatic heterocycles. The zero-order valence-corrected chi connectivity index (χ0v) is 54.6. The molecule has 22 rings (SSSR count). The third-order valence-electron chi connectivity index (χ3n) is 20.6. The maximum atomic E-state index is 2.47. The Morgan fingerprint density at radius 1 is 0.184 bits per heavy atom. The summed E-state index contributed by atoms with van der Waals surface area (Å²) in [7, 11) is 0. The van der Waals surface area contributed by atoms with Gasteiger partial charge in [-0.3, -0.25) is 0 Å². The van der Waals surface area contributed by atoms with E-state index < -0.39 is 0 Å². The van der Waals surface area contributed by atoms with Gasteiger partial charge in [0, 0.05) is 101 Å². The second-order valence-corrected chi connectivity index (χ2v) is 28.0. The number of rotatable bonds is 6. The van der Waals surface area contributed by atoms with Crippen LogP contribution in [0.1, 0.15) is 0 Å². The highest BCUT2D eigenvalue weighted by Gasteiger charge is 2.23. The van der Waals surface area contributed by atoms with Gasteiger partial charge in [-0.2, -0.15) is 0 Å². The minimum atomic E-state index is 1.18. The Morgan fingerprint density at radius 3 is 1.09 bits per heavy atom.